The van der Waals surface area contributed by atoms with Gasteiger partial charge in [0.05, 0.1) is 0 Å². The van der Waals surface area contributed by atoms with E-state index in [0.717, 1.165) is 12.8 Å². The molecule has 0 N–H and O–H groups in total. The van der Waals surface area contributed by atoms with Crippen molar-refractivity contribution in [3.05, 3.63) is 106 Å². The summed E-state index contributed by atoms with van der Waals surface area (Å²) in [6.07, 6.45) is 33.7. The van der Waals surface area contributed by atoms with Crippen LogP contribution in [0.5, 0.6) is 0 Å². The molecule has 2 unspecified atom stereocenters. The Bertz CT molecular complexity index is 1500. The van der Waals surface area contributed by atoms with Gasteiger partial charge in [-0.2, -0.15) is 0 Å². The number of hydrogen-bond donors (Lipinski definition) is 0. The van der Waals surface area contributed by atoms with E-state index in [-0.39, 0.29) is 0 Å². The lowest BCUT2D eigenvalue weighted by Gasteiger charge is -2.29. The third-order valence-electron chi connectivity index (χ3n) is 8.63. The van der Waals surface area contributed by atoms with E-state index in [1.807, 2.05) is 0 Å². The van der Waals surface area contributed by atoms with Gasteiger partial charge < -0.3 is 0 Å². The van der Waals surface area contributed by atoms with E-state index in [1.165, 1.54) is 87.6 Å². The average Bonchev–Trinajstić information content (AvgIpc) is 2.91. The van der Waals surface area contributed by atoms with Crippen LogP contribution >= 0.6 is 0 Å². The monoisotopic (exact) mass is 440 g/mol. The predicted molar refractivity (Wildman–Crippen MR) is 146 cm³/mol. The van der Waals surface area contributed by atoms with Crippen LogP contribution < -0.4 is 10.4 Å². The van der Waals surface area contributed by atoms with Crippen LogP contribution in [-0.2, 0) is 0 Å². The molecule has 0 amide bonds. The second-order valence-corrected chi connectivity index (χ2v) is 10.6. The molecular formula is C34H32. The molecule has 2 aromatic rings. The van der Waals surface area contributed by atoms with Crippen LogP contribution in [0.15, 0.2) is 84.0 Å². The lowest BCUT2D eigenvalue weighted by molar-refractivity contribution is 0.572. The van der Waals surface area contributed by atoms with Crippen LogP contribution in [0, 0.1) is 11.8 Å². The summed E-state index contributed by atoms with van der Waals surface area (Å²) in [5.41, 5.74) is 9.14. The van der Waals surface area contributed by atoms with Gasteiger partial charge in [0.15, 0.2) is 0 Å². The highest BCUT2D eigenvalue weighted by Crippen LogP contribution is 2.41. The minimum absolute atomic E-state index is 0.677. The van der Waals surface area contributed by atoms with Crippen molar-refractivity contribution in [1.82, 2.24) is 0 Å². The maximum Gasteiger partial charge on any atom is -0.00699 e. The Morgan fingerprint density at radius 1 is 0.676 bits per heavy atom. The molecule has 0 heteroatoms. The molecule has 34 heavy (non-hydrogen) atoms. The number of hydrogen-bond acceptors (Lipinski definition) is 0. The molecule has 0 nitrogen and oxygen atoms in total. The summed E-state index contributed by atoms with van der Waals surface area (Å²) in [7, 11) is 0. The first kappa shape index (κ1) is 20.3. The molecule has 0 heterocycles. The Morgan fingerprint density at radius 3 is 2.29 bits per heavy atom. The summed E-state index contributed by atoms with van der Waals surface area (Å²) in [4.78, 5) is 0. The van der Waals surface area contributed by atoms with Gasteiger partial charge in [0.2, 0.25) is 0 Å². The van der Waals surface area contributed by atoms with E-state index < -0.39 is 0 Å². The van der Waals surface area contributed by atoms with Gasteiger partial charge in [0, 0.05) is 0 Å². The van der Waals surface area contributed by atoms with E-state index in [0.29, 0.717) is 11.8 Å². The van der Waals surface area contributed by atoms with Crippen molar-refractivity contribution in [2.24, 2.45) is 11.8 Å². The van der Waals surface area contributed by atoms with Crippen molar-refractivity contribution in [1.29, 1.82) is 0 Å². The van der Waals surface area contributed by atoms with Crippen LogP contribution in [0.2, 0.25) is 0 Å². The Kier molecular flexibility index (Phi) is 4.93. The SMILES string of the molecule is C1=CCC2CCC(c3c4c(c(C5=CC=C6C=CCCC6C5)c5ccccc35)=CCCC=4)=CC2=C1. The summed E-state index contributed by atoms with van der Waals surface area (Å²) in [5.74, 6) is 1.39. The predicted octanol–water partition coefficient (Wildman–Crippen LogP) is 7.55. The quantitative estimate of drug-likeness (QED) is 0.452. The Balaban J connectivity index is 1.49. The minimum Gasteiger partial charge on any atom is -0.0842 e. The van der Waals surface area contributed by atoms with Crippen molar-refractivity contribution < 1.29 is 0 Å². The van der Waals surface area contributed by atoms with Gasteiger partial charge in [-0.05, 0) is 118 Å². The highest BCUT2D eigenvalue weighted by Gasteiger charge is 2.26. The molecule has 0 aromatic heterocycles. The van der Waals surface area contributed by atoms with Crippen molar-refractivity contribution in [3.8, 4) is 0 Å². The van der Waals surface area contributed by atoms with Crippen LogP contribution in [-0.4, -0.2) is 0 Å². The summed E-state index contributed by atoms with van der Waals surface area (Å²) in [6.45, 7) is 0. The van der Waals surface area contributed by atoms with E-state index >= 15 is 0 Å². The Labute approximate surface area is 202 Å². The molecule has 0 spiro atoms. The van der Waals surface area contributed by atoms with Gasteiger partial charge in [-0.3, -0.25) is 0 Å². The van der Waals surface area contributed by atoms with Crippen molar-refractivity contribution >= 4 is 34.1 Å². The molecular weight excluding hydrogens is 408 g/mol. The topological polar surface area (TPSA) is 0 Å². The zero-order valence-electron chi connectivity index (χ0n) is 19.9. The fourth-order valence-corrected chi connectivity index (χ4v) is 6.94. The van der Waals surface area contributed by atoms with Crippen LogP contribution in [0.25, 0.3) is 34.1 Å². The molecule has 2 atom stereocenters. The Hall–Kier alpha value is -3.12. The molecule has 0 bridgehead atoms. The molecule has 0 fully saturated rings. The third-order valence-corrected chi connectivity index (χ3v) is 8.63. The normalized spacial score (nSPS) is 25.1. The standard InChI is InChI=1S/C34H32/c1-3-11-25-21-27(19-17-23(25)9-1)33-29-13-5-7-15-31(29)34(32-16-8-6-14-30(32)33)28-20-18-24-10-2-4-12-26(24)22-28/h1-3,5,7,10-11,13-16,18,20-21,23,26H,4,6,8-9,12,17,19,22H2. The lowest BCUT2D eigenvalue weighted by atomic mass is 9.75. The zero-order valence-corrected chi connectivity index (χ0v) is 19.9. The smallest absolute Gasteiger partial charge is 0.00699 e. The van der Waals surface area contributed by atoms with Gasteiger partial charge in [0.1, 0.15) is 0 Å². The molecule has 5 aliphatic carbocycles. The summed E-state index contributed by atoms with van der Waals surface area (Å²) in [5, 5.41) is 5.88. The molecule has 0 radical (unpaired) electrons. The van der Waals surface area contributed by atoms with Crippen molar-refractivity contribution in [2.75, 3.05) is 0 Å². The first-order valence-electron chi connectivity index (χ1n) is 13.3. The summed E-state index contributed by atoms with van der Waals surface area (Å²) >= 11 is 0. The fraction of sp³-hybridized carbons (Fsp3) is 0.294. The molecule has 2 aromatic carbocycles. The second-order valence-electron chi connectivity index (χ2n) is 10.6. The van der Waals surface area contributed by atoms with Gasteiger partial charge in [-0.15, -0.1) is 0 Å². The number of benzene rings is 2. The first-order valence-corrected chi connectivity index (χ1v) is 13.3. The van der Waals surface area contributed by atoms with Crippen LogP contribution in [0.3, 0.4) is 0 Å². The van der Waals surface area contributed by atoms with E-state index in [2.05, 4.69) is 85.0 Å². The largest absolute Gasteiger partial charge is 0.0842 e. The second kappa shape index (κ2) is 8.27. The molecule has 0 saturated heterocycles. The van der Waals surface area contributed by atoms with Gasteiger partial charge in [0.25, 0.3) is 0 Å². The van der Waals surface area contributed by atoms with Gasteiger partial charge in [-0.25, -0.2) is 0 Å². The van der Waals surface area contributed by atoms with Crippen LogP contribution in [0.1, 0.15) is 62.5 Å². The maximum atomic E-state index is 2.54. The number of rotatable bonds is 2. The Morgan fingerprint density at radius 2 is 1.47 bits per heavy atom. The minimum atomic E-state index is 0.677. The zero-order chi connectivity index (χ0) is 22.5. The van der Waals surface area contributed by atoms with E-state index in [4.69, 9.17) is 0 Å². The van der Waals surface area contributed by atoms with Crippen molar-refractivity contribution in [2.45, 2.75) is 51.4 Å². The van der Waals surface area contributed by atoms with Gasteiger partial charge in [-0.1, -0.05) is 85.0 Å². The molecule has 7 rings (SSSR count). The lowest BCUT2D eigenvalue weighted by Crippen LogP contribution is -2.35. The first-order chi connectivity index (χ1) is 16.9. The van der Waals surface area contributed by atoms with E-state index in [1.54, 1.807) is 5.57 Å². The van der Waals surface area contributed by atoms with E-state index in [9.17, 15) is 0 Å². The van der Waals surface area contributed by atoms with Crippen LogP contribution in [0.4, 0.5) is 0 Å². The summed E-state index contributed by atoms with van der Waals surface area (Å²) in [6, 6.07) is 9.24. The highest BCUT2D eigenvalue weighted by molar-refractivity contribution is 6.02. The van der Waals surface area contributed by atoms with Gasteiger partial charge >= 0.3 is 0 Å². The third kappa shape index (κ3) is 3.27. The molecule has 168 valence electrons. The number of fused-ring (bicyclic) bond motifs is 4. The number of allylic oxidation sites excluding steroid dienone is 12. The average molecular weight is 441 g/mol. The molecule has 0 saturated carbocycles. The summed E-state index contributed by atoms with van der Waals surface area (Å²) < 4.78 is 0. The maximum absolute atomic E-state index is 2.54. The molecule has 0 aliphatic heterocycles. The highest BCUT2D eigenvalue weighted by atomic mass is 14.3. The molecule has 5 aliphatic rings. The fourth-order valence-electron chi connectivity index (χ4n) is 6.94. The van der Waals surface area contributed by atoms with Crippen molar-refractivity contribution in [3.63, 3.8) is 0 Å².